The molecule has 0 atom stereocenters. The zero-order chi connectivity index (χ0) is 14.2. The van der Waals surface area contributed by atoms with E-state index in [1.54, 1.807) is 19.1 Å². The van der Waals surface area contributed by atoms with Crippen molar-refractivity contribution in [3.8, 4) is 0 Å². The summed E-state index contributed by atoms with van der Waals surface area (Å²) in [5, 5.41) is 0. The number of ketones is 1. The van der Waals surface area contributed by atoms with Gasteiger partial charge in [0.05, 0.1) is 5.56 Å². The maximum atomic E-state index is 13.6. The van der Waals surface area contributed by atoms with Gasteiger partial charge in [0.1, 0.15) is 17.5 Å². The van der Waals surface area contributed by atoms with Gasteiger partial charge in [-0.2, -0.15) is 0 Å². The Labute approximate surface area is 116 Å². The van der Waals surface area contributed by atoms with Gasteiger partial charge >= 0.3 is 0 Å². The fraction of sp³-hybridized carbons (Fsp3) is 0.0714. The molecule has 0 N–H and O–H groups in total. The number of carbonyl (C=O) groups is 1. The number of hydrogen-bond acceptors (Lipinski definition) is 1. The average Bonchev–Trinajstić information content (AvgIpc) is 2.30. The van der Waals surface area contributed by atoms with Crippen molar-refractivity contribution in [1.82, 2.24) is 0 Å². The summed E-state index contributed by atoms with van der Waals surface area (Å²) in [6.45, 7) is 1.65. The summed E-state index contributed by atoms with van der Waals surface area (Å²) in [7, 11) is 0. The number of halogens is 4. The minimum atomic E-state index is -1.21. The molecule has 5 heteroatoms. The molecule has 0 aromatic heterocycles. The van der Waals surface area contributed by atoms with Crippen LogP contribution in [0.1, 0.15) is 21.5 Å². The van der Waals surface area contributed by atoms with E-state index in [9.17, 15) is 18.0 Å². The lowest BCUT2D eigenvalue weighted by molar-refractivity contribution is 0.103. The lowest BCUT2D eigenvalue weighted by Gasteiger charge is -2.08. The molecule has 0 unspecified atom stereocenters. The molecule has 1 nitrogen and oxygen atoms in total. The highest BCUT2D eigenvalue weighted by molar-refractivity contribution is 9.10. The van der Waals surface area contributed by atoms with E-state index >= 15 is 0 Å². The fourth-order valence-corrected chi connectivity index (χ4v) is 2.09. The predicted octanol–water partition coefficient (Wildman–Crippen LogP) is 4.41. The van der Waals surface area contributed by atoms with E-state index in [1.165, 1.54) is 6.07 Å². The Hall–Kier alpha value is -1.62. The Kier molecular flexibility index (Phi) is 3.75. The van der Waals surface area contributed by atoms with Crippen LogP contribution in [0.5, 0.6) is 0 Å². The minimum absolute atomic E-state index is 0.166. The van der Waals surface area contributed by atoms with Crippen LogP contribution >= 0.6 is 15.9 Å². The van der Waals surface area contributed by atoms with Gasteiger partial charge in [-0.05, 0) is 24.6 Å². The molecule has 0 saturated heterocycles. The highest BCUT2D eigenvalue weighted by Crippen LogP contribution is 2.23. The summed E-state index contributed by atoms with van der Waals surface area (Å²) >= 11 is 3.19. The van der Waals surface area contributed by atoms with Gasteiger partial charge in [0.25, 0.3) is 0 Å². The molecule has 2 aromatic rings. The van der Waals surface area contributed by atoms with Gasteiger partial charge in [-0.1, -0.05) is 22.0 Å². The van der Waals surface area contributed by atoms with E-state index in [0.717, 1.165) is 0 Å². The molecule has 2 rings (SSSR count). The van der Waals surface area contributed by atoms with Crippen molar-refractivity contribution < 1.29 is 18.0 Å². The number of carbonyl (C=O) groups excluding carboxylic acids is 1. The smallest absolute Gasteiger partial charge is 0.199 e. The molecular weight excluding hydrogens is 321 g/mol. The zero-order valence-corrected chi connectivity index (χ0v) is 11.4. The fourth-order valence-electron chi connectivity index (χ4n) is 1.73. The molecular formula is C14H8BrF3O. The van der Waals surface area contributed by atoms with Crippen LogP contribution in [0, 0.1) is 24.4 Å². The van der Waals surface area contributed by atoms with Gasteiger partial charge < -0.3 is 0 Å². The summed E-state index contributed by atoms with van der Waals surface area (Å²) in [5.74, 6) is -4.28. The SMILES string of the molecule is Cc1ccc(Br)cc1C(=O)c1c(F)cc(F)cc1F. The Balaban J connectivity index is 2.59. The van der Waals surface area contributed by atoms with Crippen LogP contribution in [0.25, 0.3) is 0 Å². The van der Waals surface area contributed by atoms with Gasteiger partial charge in [0, 0.05) is 22.2 Å². The van der Waals surface area contributed by atoms with E-state index in [1.807, 2.05) is 0 Å². The van der Waals surface area contributed by atoms with Crippen LogP contribution in [0.15, 0.2) is 34.8 Å². The van der Waals surface area contributed by atoms with Crippen LogP contribution in [-0.2, 0) is 0 Å². The Morgan fingerprint density at radius 3 is 2.21 bits per heavy atom. The normalized spacial score (nSPS) is 10.6. The van der Waals surface area contributed by atoms with Gasteiger partial charge in [-0.15, -0.1) is 0 Å². The van der Waals surface area contributed by atoms with Crippen LogP contribution in [-0.4, -0.2) is 5.78 Å². The molecule has 0 saturated carbocycles. The number of rotatable bonds is 2. The monoisotopic (exact) mass is 328 g/mol. The molecule has 0 aliphatic heterocycles. The summed E-state index contributed by atoms with van der Waals surface area (Å²) < 4.78 is 40.6. The van der Waals surface area contributed by atoms with Gasteiger partial charge in [-0.25, -0.2) is 13.2 Å². The molecule has 0 radical (unpaired) electrons. The number of aryl methyl sites for hydroxylation is 1. The highest BCUT2D eigenvalue weighted by atomic mass is 79.9. The Morgan fingerprint density at radius 1 is 1.05 bits per heavy atom. The van der Waals surface area contributed by atoms with E-state index < -0.39 is 28.8 Å². The lowest BCUT2D eigenvalue weighted by atomic mass is 9.98. The third kappa shape index (κ3) is 2.71. The van der Waals surface area contributed by atoms with E-state index in [-0.39, 0.29) is 5.56 Å². The molecule has 0 bridgehead atoms. The van der Waals surface area contributed by atoms with Crippen molar-refractivity contribution in [3.05, 3.63) is 68.9 Å². The van der Waals surface area contributed by atoms with Crippen LogP contribution in [0.4, 0.5) is 13.2 Å². The molecule has 19 heavy (non-hydrogen) atoms. The van der Waals surface area contributed by atoms with Gasteiger partial charge in [0.15, 0.2) is 5.78 Å². The molecule has 0 heterocycles. The third-order valence-electron chi connectivity index (χ3n) is 2.68. The van der Waals surface area contributed by atoms with Crippen molar-refractivity contribution in [1.29, 1.82) is 0 Å². The van der Waals surface area contributed by atoms with Crippen molar-refractivity contribution in [2.45, 2.75) is 6.92 Å². The maximum Gasteiger partial charge on any atom is 0.199 e. The third-order valence-corrected chi connectivity index (χ3v) is 3.17. The number of benzene rings is 2. The first-order valence-corrected chi connectivity index (χ1v) is 6.15. The summed E-state index contributed by atoms with van der Waals surface area (Å²) in [6.07, 6.45) is 0. The van der Waals surface area contributed by atoms with Crippen LogP contribution in [0.2, 0.25) is 0 Å². The summed E-state index contributed by atoms with van der Waals surface area (Å²) in [6, 6.07) is 5.81. The average molecular weight is 329 g/mol. The maximum absolute atomic E-state index is 13.6. The molecule has 0 fully saturated rings. The first kappa shape index (κ1) is 13.8. The summed E-state index contributed by atoms with van der Waals surface area (Å²) in [4.78, 5) is 12.1. The second-order valence-electron chi connectivity index (χ2n) is 4.03. The van der Waals surface area contributed by atoms with E-state index in [2.05, 4.69) is 15.9 Å². The Morgan fingerprint density at radius 2 is 1.63 bits per heavy atom. The topological polar surface area (TPSA) is 17.1 Å². The van der Waals surface area contributed by atoms with Crippen molar-refractivity contribution in [2.24, 2.45) is 0 Å². The zero-order valence-electron chi connectivity index (χ0n) is 9.81. The second-order valence-corrected chi connectivity index (χ2v) is 4.95. The molecule has 0 aliphatic rings. The van der Waals surface area contributed by atoms with Crippen molar-refractivity contribution in [3.63, 3.8) is 0 Å². The second kappa shape index (κ2) is 5.17. The predicted molar refractivity (Wildman–Crippen MR) is 68.6 cm³/mol. The quantitative estimate of drug-likeness (QED) is 0.746. The number of hydrogen-bond donors (Lipinski definition) is 0. The standard InChI is InChI=1S/C14H8BrF3O/c1-7-2-3-8(15)4-10(7)14(19)13-11(17)5-9(16)6-12(13)18/h2-6H,1H3. The van der Waals surface area contributed by atoms with Crippen LogP contribution < -0.4 is 0 Å². The molecule has 0 aliphatic carbocycles. The minimum Gasteiger partial charge on any atom is -0.288 e. The van der Waals surface area contributed by atoms with Gasteiger partial charge in [-0.3, -0.25) is 4.79 Å². The van der Waals surface area contributed by atoms with Crippen molar-refractivity contribution >= 4 is 21.7 Å². The molecule has 98 valence electrons. The highest BCUT2D eigenvalue weighted by Gasteiger charge is 2.21. The van der Waals surface area contributed by atoms with Crippen LogP contribution in [0.3, 0.4) is 0 Å². The van der Waals surface area contributed by atoms with E-state index in [4.69, 9.17) is 0 Å². The largest absolute Gasteiger partial charge is 0.288 e. The Bertz CT molecular complexity index is 645. The first-order valence-electron chi connectivity index (χ1n) is 5.35. The summed E-state index contributed by atoms with van der Waals surface area (Å²) in [5.41, 5.74) is -0.00212. The first-order chi connectivity index (χ1) is 8.90. The molecule has 0 amide bonds. The van der Waals surface area contributed by atoms with Gasteiger partial charge in [0.2, 0.25) is 0 Å². The lowest BCUT2D eigenvalue weighted by Crippen LogP contribution is -2.09. The molecule has 0 spiro atoms. The van der Waals surface area contributed by atoms with Crippen molar-refractivity contribution in [2.75, 3.05) is 0 Å². The van der Waals surface area contributed by atoms with E-state index in [0.29, 0.717) is 22.2 Å². The molecule has 2 aromatic carbocycles.